The number of amides is 1. The van der Waals surface area contributed by atoms with Crippen LogP contribution in [0, 0.1) is 13.8 Å². The lowest BCUT2D eigenvalue weighted by Crippen LogP contribution is -2.41. The molecule has 7 nitrogen and oxygen atoms in total. The van der Waals surface area contributed by atoms with Crippen LogP contribution in [0.25, 0.3) is 21.9 Å². The van der Waals surface area contributed by atoms with E-state index in [0.717, 1.165) is 65.9 Å². The number of fused-ring (bicyclic) bond motifs is 2. The van der Waals surface area contributed by atoms with Gasteiger partial charge in [-0.05, 0) is 30.9 Å². The van der Waals surface area contributed by atoms with Crippen LogP contribution in [0.4, 0.5) is 0 Å². The number of ether oxygens (including phenoxy) is 1. The summed E-state index contributed by atoms with van der Waals surface area (Å²) in [6.07, 6.45) is 1.79. The maximum Gasteiger partial charge on any atom is 0.340 e. The van der Waals surface area contributed by atoms with E-state index in [2.05, 4.69) is 31.0 Å². The lowest BCUT2D eigenvalue weighted by atomic mass is 9.86. The summed E-state index contributed by atoms with van der Waals surface area (Å²) in [6.45, 7) is 14.7. The minimum atomic E-state index is -0.469. The molecule has 1 amide bonds. The normalized spacial score (nSPS) is 15.5. The zero-order valence-corrected chi connectivity index (χ0v) is 19.6. The first-order valence-corrected chi connectivity index (χ1v) is 11.2. The lowest BCUT2D eigenvalue weighted by molar-refractivity contribution is -0.120. The quantitative estimate of drug-likeness (QED) is 0.612. The van der Waals surface area contributed by atoms with E-state index in [1.165, 1.54) is 0 Å². The van der Waals surface area contributed by atoms with Crippen molar-refractivity contribution in [3.8, 4) is 0 Å². The Morgan fingerprint density at radius 3 is 2.50 bits per heavy atom. The number of hydrogen-bond donors (Lipinski definition) is 1. The summed E-state index contributed by atoms with van der Waals surface area (Å²) in [6, 6.07) is 2.03. The largest absolute Gasteiger partial charge is 0.464 e. The van der Waals surface area contributed by atoms with Gasteiger partial charge in [0.2, 0.25) is 5.91 Å². The Balaban J connectivity index is 1.61. The molecule has 1 aliphatic rings. The number of morpholine rings is 1. The molecule has 0 atom stereocenters. The molecule has 0 bridgehead atoms. The molecule has 1 aromatic carbocycles. The van der Waals surface area contributed by atoms with Crippen molar-refractivity contribution in [1.29, 1.82) is 0 Å². The van der Waals surface area contributed by atoms with Gasteiger partial charge in [-0.2, -0.15) is 0 Å². The third-order valence-corrected chi connectivity index (χ3v) is 6.34. The van der Waals surface area contributed by atoms with Gasteiger partial charge in [-0.3, -0.25) is 9.69 Å². The van der Waals surface area contributed by atoms with Crippen molar-refractivity contribution < 1.29 is 18.4 Å². The second kappa shape index (κ2) is 8.71. The van der Waals surface area contributed by atoms with Crippen molar-refractivity contribution in [2.24, 2.45) is 0 Å². The van der Waals surface area contributed by atoms with Crippen LogP contribution >= 0.6 is 0 Å². The number of carbonyl (C=O) groups is 1. The van der Waals surface area contributed by atoms with E-state index in [0.29, 0.717) is 17.7 Å². The van der Waals surface area contributed by atoms with Gasteiger partial charge in [-0.25, -0.2) is 4.79 Å². The van der Waals surface area contributed by atoms with E-state index in [9.17, 15) is 9.59 Å². The molecule has 0 radical (unpaired) electrons. The molecular weight excluding hydrogens is 408 g/mol. The molecule has 1 fully saturated rings. The van der Waals surface area contributed by atoms with E-state index < -0.39 is 5.63 Å². The van der Waals surface area contributed by atoms with Crippen molar-refractivity contribution in [2.75, 3.05) is 39.4 Å². The minimum Gasteiger partial charge on any atom is -0.464 e. The second-order valence-electron chi connectivity index (χ2n) is 9.63. The van der Waals surface area contributed by atoms with E-state index in [1.807, 2.05) is 19.9 Å². The standard InChI is InChI=1S/C25H32N2O5/c1-15-17-12-19-20(25(3,4)5)14-31-22(19)16(2)23(17)32-24(29)18(15)13-21(28)26-6-7-27-8-10-30-11-9-27/h12,14H,6-11,13H2,1-5H3,(H,26,28). The highest BCUT2D eigenvalue weighted by Crippen LogP contribution is 2.37. The van der Waals surface area contributed by atoms with Crippen LogP contribution < -0.4 is 10.9 Å². The van der Waals surface area contributed by atoms with E-state index >= 15 is 0 Å². The minimum absolute atomic E-state index is 0.00180. The number of furan rings is 1. The second-order valence-corrected chi connectivity index (χ2v) is 9.63. The Labute approximate surface area is 187 Å². The van der Waals surface area contributed by atoms with Crippen molar-refractivity contribution in [1.82, 2.24) is 10.2 Å². The molecule has 1 saturated heterocycles. The maximum atomic E-state index is 12.8. The van der Waals surface area contributed by atoms with Crippen molar-refractivity contribution >= 4 is 27.8 Å². The molecule has 0 unspecified atom stereocenters. The van der Waals surface area contributed by atoms with Crippen LogP contribution in [0.3, 0.4) is 0 Å². The van der Waals surface area contributed by atoms with Crippen molar-refractivity contribution in [3.05, 3.63) is 45.0 Å². The highest BCUT2D eigenvalue weighted by Gasteiger charge is 2.24. The zero-order chi connectivity index (χ0) is 23.0. The summed E-state index contributed by atoms with van der Waals surface area (Å²) in [5, 5.41) is 4.79. The third-order valence-electron chi connectivity index (χ3n) is 6.34. The summed E-state index contributed by atoms with van der Waals surface area (Å²) in [7, 11) is 0. The summed E-state index contributed by atoms with van der Waals surface area (Å²) in [4.78, 5) is 27.6. The van der Waals surface area contributed by atoms with Gasteiger partial charge in [0.15, 0.2) is 0 Å². The first-order chi connectivity index (χ1) is 15.2. The van der Waals surface area contributed by atoms with Gasteiger partial charge in [-0.15, -0.1) is 0 Å². The molecule has 0 saturated carbocycles. The first kappa shape index (κ1) is 22.6. The smallest absolute Gasteiger partial charge is 0.340 e. The van der Waals surface area contributed by atoms with E-state index in [-0.39, 0.29) is 17.7 Å². The molecule has 3 heterocycles. The van der Waals surface area contributed by atoms with Gasteiger partial charge >= 0.3 is 5.63 Å². The Hall–Kier alpha value is -2.64. The van der Waals surface area contributed by atoms with E-state index in [4.69, 9.17) is 13.6 Å². The van der Waals surface area contributed by atoms with Crippen LogP contribution in [0.15, 0.2) is 26.0 Å². The molecule has 1 N–H and O–H groups in total. The molecule has 1 aliphatic heterocycles. The van der Waals surface area contributed by atoms with Gasteiger partial charge < -0.3 is 18.9 Å². The zero-order valence-electron chi connectivity index (χ0n) is 19.6. The van der Waals surface area contributed by atoms with Gasteiger partial charge in [-0.1, -0.05) is 20.8 Å². The lowest BCUT2D eigenvalue weighted by Gasteiger charge is -2.26. The van der Waals surface area contributed by atoms with Gasteiger partial charge in [0.25, 0.3) is 0 Å². The van der Waals surface area contributed by atoms with Gasteiger partial charge in [0, 0.05) is 48.1 Å². The average Bonchev–Trinajstić information content (AvgIpc) is 3.18. The third kappa shape index (κ3) is 4.32. The molecule has 4 rings (SSSR count). The van der Waals surface area contributed by atoms with Crippen molar-refractivity contribution in [3.63, 3.8) is 0 Å². The Bertz CT molecular complexity index is 1210. The summed E-state index contributed by atoms with van der Waals surface area (Å²) >= 11 is 0. The highest BCUT2D eigenvalue weighted by atomic mass is 16.5. The van der Waals surface area contributed by atoms with Crippen LogP contribution in [-0.4, -0.2) is 50.2 Å². The predicted octanol–water partition coefficient (Wildman–Crippen LogP) is 3.44. The highest BCUT2D eigenvalue weighted by molar-refractivity contribution is 6.00. The molecule has 3 aromatic rings. The number of benzene rings is 1. The van der Waals surface area contributed by atoms with Crippen LogP contribution in [0.5, 0.6) is 0 Å². The molecule has 2 aromatic heterocycles. The Kier molecular flexibility index (Phi) is 6.14. The molecule has 7 heteroatoms. The number of aryl methyl sites for hydroxylation is 2. The maximum absolute atomic E-state index is 12.8. The van der Waals surface area contributed by atoms with Gasteiger partial charge in [0.1, 0.15) is 11.2 Å². The number of carbonyl (C=O) groups excluding carboxylic acids is 1. The number of rotatable bonds is 5. The number of nitrogens with zero attached hydrogens (tertiary/aromatic N) is 1. The fraction of sp³-hybridized carbons (Fsp3) is 0.520. The number of nitrogens with one attached hydrogen (secondary N) is 1. The molecule has 0 spiro atoms. The summed E-state index contributed by atoms with van der Waals surface area (Å²) in [5.74, 6) is -0.176. The van der Waals surface area contributed by atoms with Gasteiger partial charge in [0.05, 0.1) is 31.5 Å². The molecular formula is C25H32N2O5. The number of hydrogen-bond acceptors (Lipinski definition) is 6. The van der Waals surface area contributed by atoms with Crippen LogP contribution in [-0.2, 0) is 21.4 Å². The fourth-order valence-corrected chi connectivity index (χ4v) is 4.38. The Morgan fingerprint density at radius 2 is 1.81 bits per heavy atom. The van der Waals surface area contributed by atoms with Crippen molar-refractivity contribution in [2.45, 2.75) is 46.5 Å². The molecule has 0 aliphatic carbocycles. The topological polar surface area (TPSA) is 84.9 Å². The average molecular weight is 441 g/mol. The molecule has 32 heavy (non-hydrogen) atoms. The van der Waals surface area contributed by atoms with Crippen LogP contribution in [0.2, 0.25) is 0 Å². The van der Waals surface area contributed by atoms with E-state index in [1.54, 1.807) is 6.26 Å². The fourth-order valence-electron chi connectivity index (χ4n) is 4.38. The summed E-state index contributed by atoms with van der Waals surface area (Å²) in [5.41, 5.74) is 3.79. The monoisotopic (exact) mass is 440 g/mol. The first-order valence-electron chi connectivity index (χ1n) is 11.2. The predicted molar refractivity (Wildman–Crippen MR) is 124 cm³/mol. The van der Waals surface area contributed by atoms with Crippen LogP contribution in [0.1, 0.15) is 43.0 Å². The SMILES string of the molecule is Cc1c(CC(=O)NCCN2CCOCC2)c(=O)oc2c(C)c3occ(C(C)(C)C)c3cc12. The Morgan fingerprint density at radius 1 is 1.09 bits per heavy atom. The summed E-state index contributed by atoms with van der Waals surface area (Å²) < 4.78 is 16.9. The molecule has 172 valence electrons.